The predicted molar refractivity (Wildman–Crippen MR) is 147 cm³/mol. The van der Waals surface area contributed by atoms with E-state index in [1.807, 2.05) is 24.3 Å². The van der Waals surface area contributed by atoms with Gasteiger partial charge in [-0.15, -0.1) is 0 Å². The summed E-state index contributed by atoms with van der Waals surface area (Å²) >= 11 is 0. The van der Waals surface area contributed by atoms with Crippen LogP contribution in [0.4, 0.5) is 4.39 Å². The van der Waals surface area contributed by atoms with Crippen molar-refractivity contribution in [1.29, 1.82) is 0 Å². The molecule has 1 atom stereocenters. The molecule has 0 radical (unpaired) electrons. The van der Waals surface area contributed by atoms with Crippen molar-refractivity contribution in [2.75, 3.05) is 26.2 Å². The third-order valence-electron chi connectivity index (χ3n) is 7.11. The first kappa shape index (κ1) is 28.6. The number of likely N-dealkylation sites (tertiary alicyclic amines) is 1. The molecular weight excluding hydrogens is 467 g/mol. The Morgan fingerprint density at radius 2 is 1.49 bits per heavy atom. The highest BCUT2D eigenvalue weighted by molar-refractivity contribution is 6.46. The Hall–Kier alpha value is -2.99. The van der Waals surface area contributed by atoms with Crippen LogP contribution in [0.5, 0.6) is 0 Å². The van der Waals surface area contributed by atoms with Crippen LogP contribution >= 0.6 is 0 Å². The van der Waals surface area contributed by atoms with Crippen molar-refractivity contribution >= 4 is 17.4 Å². The number of carbonyl (C=O) groups is 2. The molecule has 1 fully saturated rings. The van der Waals surface area contributed by atoms with Crippen molar-refractivity contribution in [3.8, 4) is 0 Å². The second-order valence-electron chi connectivity index (χ2n) is 10.2. The molecule has 37 heavy (non-hydrogen) atoms. The molecule has 2 aromatic carbocycles. The molecule has 1 unspecified atom stereocenters. The smallest absolute Gasteiger partial charge is 0.295 e. The zero-order chi connectivity index (χ0) is 26.9. The highest BCUT2D eigenvalue weighted by atomic mass is 19.1. The average molecular weight is 509 g/mol. The maximum atomic E-state index is 13.5. The van der Waals surface area contributed by atoms with Gasteiger partial charge < -0.3 is 14.9 Å². The van der Waals surface area contributed by atoms with Crippen molar-refractivity contribution in [3.05, 3.63) is 76.6 Å². The lowest BCUT2D eigenvalue weighted by Crippen LogP contribution is -2.34. The molecule has 2 aromatic rings. The van der Waals surface area contributed by atoms with Gasteiger partial charge in [0, 0.05) is 12.1 Å². The van der Waals surface area contributed by atoms with Gasteiger partial charge in [0.05, 0.1) is 11.6 Å². The van der Waals surface area contributed by atoms with Crippen LogP contribution in [0.25, 0.3) is 5.76 Å². The normalized spacial score (nSPS) is 17.4. The van der Waals surface area contributed by atoms with Gasteiger partial charge in [-0.05, 0) is 80.2 Å². The van der Waals surface area contributed by atoms with Crippen LogP contribution in [0.1, 0.15) is 88.4 Å². The van der Waals surface area contributed by atoms with E-state index in [2.05, 4.69) is 32.6 Å². The SMILES string of the molecule is CCCCN(CCCC)CCCN1C(=O)C(=O)/C(=C(\O)c2ccc(F)cc2)C1c1ccc(C(C)C)cc1. The molecule has 5 nitrogen and oxygen atoms in total. The first-order valence-electron chi connectivity index (χ1n) is 13.6. The number of hydrogen-bond donors (Lipinski definition) is 1. The number of ketones is 1. The Labute approximate surface area is 221 Å². The van der Waals surface area contributed by atoms with Gasteiger partial charge in [0.2, 0.25) is 0 Å². The summed E-state index contributed by atoms with van der Waals surface area (Å²) in [6, 6.07) is 12.5. The Morgan fingerprint density at radius 1 is 0.919 bits per heavy atom. The quantitative estimate of drug-likeness (QED) is 0.187. The number of aliphatic hydroxyl groups excluding tert-OH is 1. The van der Waals surface area contributed by atoms with Crippen LogP contribution in [0, 0.1) is 5.82 Å². The molecule has 1 amide bonds. The minimum absolute atomic E-state index is 0.0581. The maximum Gasteiger partial charge on any atom is 0.295 e. The highest BCUT2D eigenvalue weighted by Gasteiger charge is 2.45. The predicted octanol–water partition coefficient (Wildman–Crippen LogP) is 6.66. The maximum absolute atomic E-state index is 13.5. The van der Waals surface area contributed by atoms with Crippen molar-refractivity contribution < 1.29 is 19.1 Å². The summed E-state index contributed by atoms with van der Waals surface area (Å²) in [5.74, 6) is -1.67. The van der Waals surface area contributed by atoms with E-state index in [1.54, 1.807) is 4.90 Å². The molecule has 1 heterocycles. The molecule has 200 valence electrons. The number of carbonyl (C=O) groups excluding carboxylic acids is 2. The third kappa shape index (κ3) is 7.07. The number of rotatable bonds is 13. The molecule has 0 aromatic heterocycles. The van der Waals surface area contributed by atoms with Crippen LogP contribution in [0.3, 0.4) is 0 Å². The molecular formula is C31H41FN2O3. The highest BCUT2D eigenvalue weighted by Crippen LogP contribution is 2.39. The fourth-order valence-electron chi connectivity index (χ4n) is 4.85. The topological polar surface area (TPSA) is 60.9 Å². The number of benzene rings is 2. The second-order valence-corrected chi connectivity index (χ2v) is 10.2. The zero-order valence-corrected chi connectivity index (χ0v) is 22.7. The standard InChI is InChI=1S/C31H41FN2O3/c1-5-7-18-33(19-8-6-2)20-9-21-34-28(24-12-10-23(11-13-24)22(3)4)27(30(36)31(34)37)29(35)25-14-16-26(32)17-15-25/h10-17,22,28,35H,5-9,18-21H2,1-4H3/b29-27-. The van der Waals surface area contributed by atoms with Crippen molar-refractivity contribution in [2.24, 2.45) is 0 Å². The van der Waals surface area contributed by atoms with Gasteiger partial charge in [-0.1, -0.05) is 64.8 Å². The van der Waals surface area contributed by atoms with Crippen LogP contribution in [-0.4, -0.2) is 52.8 Å². The molecule has 1 aliphatic rings. The summed E-state index contributed by atoms with van der Waals surface area (Å²) < 4.78 is 13.5. The molecule has 0 bridgehead atoms. The van der Waals surface area contributed by atoms with Crippen LogP contribution in [0.15, 0.2) is 54.1 Å². The van der Waals surface area contributed by atoms with Crippen molar-refractivity contribution in [3.63, 3.8) is 0 Å². The molecule has 1 N–H and O–H groups in total. The first-order chi connectivity index (χ1) is 17.8. The Bertz CT molecular complexity index is 1070. The molecule has 0 aliphatic carbocycles. The van der Waals surface area contributed by atoms with E-state index in [1.165, 1.54) is 24.3 Å². The number of unbranched alkanes of at least 4 members (excludes halogenated alkanes) is 2. The number of aliphatic hydroxyl groups is 1. The van der Waals surface area contributed by atoms with Gasteiger partial charge in [-0.25, -0.2) is 4.39 Å². The summed E-state index contributed by atoms with van der Waals surface area (Å²) in [4.78, 5) is 30.5. The number of halogens is 1. The summed E-state index contributed by atoms with van der Waals surface area (Å²) in [7, 11) is 0. The van der Waals surface area contributed by atoms with Crippen molar-refractivity contribution in [2.45, 2.75) is 71.8 Å². The van der Waals surface area contributed by atoms with Gasteiger partial charge in [0.25, 0.3) is 11.7 Å². The number of Topliss-reactive ketones (excluding diaryl/α,β-unsaturated/α-hetero) is 1. The Morgan fingerprint density at radius 3 is 2.03 bits per heavy atom. The van der Waals surface area contributed by atoms with Gasteiger partial charge in [0.15, 0.2) is 0 Å². The molecule has 3 rings (SSSR count). The minimum Gasteiger partial charge on any atom is -0.507 e. The van der Waals surface area contributed by atoms with E-state index >= 15 is 0 Å². The van der Waals surface area contributed by atoms with Crippen LogP contribution in [-0.2, 0) is 9.59 Å². The van der Waals surface area contributed by atoms with Gasteiger partial charge in [0.1, 0.15) is 11.6 Å². The number of hydrogen-bond acceptors (Lipinski definition) is 4. The molecule has 1 saturated heterocycles. The third-order valence-corrected chi connectivity index (χ3v) is 7.11. The summed E-state index contributed by atoms with van der Waals surface area (Å²) in [6.45, 7) is 11.9. The molecule has 6 heteroatoms. The van der Waals surface area contributed by atoms with E-state index < -0.39 is 23.5 Å². The fraction of sp³-hybridized carbons (Fsp3) is 0.484. The fourth-order valence-corrected chi connectivity index (χ4v) is 4.85. The second kappa shape index (κ2) is 13.5. The summed E-state index contributed by atoms with van der Waals surface area (Å²) in [6.07, 6.45) is 5.26. The largest absolute Gasteiger partial charge is 0.507 e. The zero-order valence-electron chi connectivity index (χ0n) is 22.7. The van der Waals surface area contributed by atoms with E-state index in [4.69, 9.17) is 0 Å². The summed E-state index contributed by atoms with van der Waals surface area (Å²) in [5.41, 5.74) is 2.30. The summed E-state index contributed by atoms with van der Waals surface area (Å²) in [5, 5.41) is 11.1. The van der Waals surface area contributed by atoms with E-state index in [0.717, 1.165) is 62.9 Å². The molecule has 1 aliphatic heterocycles. The monoisotopic (exact) mass is 508 g/mol. The molecule has 0 saturated carbocycles. The molecule has 0 spiro atoms. The lowest BCUT2D eigenvalue weighted by Gasteiger charge is -2.27. The van der Waals surface area contributed by atoms with E-state index in [0.29, 0.717) is 18.0 Å². The Balaban J connectivity index is 1.93. The van der Waals surface area contributed by atoms with Crippen LogP contribution < -0.4 is 0 Å². The minimum atomic E-state index is -0.700. The van der Waals surface area contributed by atoms with Gasteiger partial charge in [-0.2, -0.15) is 0 Å². The van der Waals surface area contributed by atoms with Crippen molar-refractivity contribution in [1.82, 2.24) is 9.80 Å². The number of amides is 1. The van der Waals surface area contributed by atoms with E-state index in [9.17, 15) is 19.1 Å². The number of nitrogens with zero attached hydrogens (tertiary/aromatic N) is 2. The van der Waals surface area contributed by atoms with Gasteiger partial charge >= 0.3 is 0 Å². The lowest BCUT2D eigenvalue weighted by molar-refractivity contribution is -0.140. The lowest BCUT2D eigenvalue weighted by atomic mass is 9.93. The van der Waals surface area contributed by atoms with E-state index in [-0.39, 0.29) is 11.3 Å². The first-order valence-corrected chi connectivity index (χ1v) is 13.6. The average Bonchev–Trinajstić information content (AvgIpc) is 3.15. The Kier molecular flexibility index (Phi) is 10.4. The van der Waals surface area contributed by atoms with Crippen LogP contribution in [0.2, 0.25) is 0 Å². The van der Waals surface area contributed by atoms with Gasteiger partial charge in [-0.3, -0.25) is 9.59 Å².